The molecule has 0 unspecified atom stereocenters. The molecule has 1 heterocycles. The molecule has 2 amide bonds. The van der Waals surface area contributed by atoms with Crippen molar-refractivity contribution >= 4 is 22.7 Å². The molecule has 0 fully saturated rings. The van der Waals surface area contributed by atoms with Gasteiger partial charge in [-0.05, 0) is 48.4 Å². The summed E-state index contributed by atoms with van der Waals surface area (Å²) in [6.45, 7) is 2.26. The summed E-state index contributed by atoms with van der Waals surface area (Å²) in [5.41, 5.74) is 8.30. The zero-order valence-electron chi connectivity index (χ0n) is 18.5. The molecule has 3 aromatic rings. The van der Waals surface area contributed by atoms with Crippen LogP contribution in [-0.4, -0.2) is 43.8 Å². The normalized spacial score (nSPS) is 10.8. The van der Waals surface area contributed by atoms with E-state index in [1.54, 1.807) is 20.3 Å². The number of hydrogen-bond acceptors (Lipinski definition) is 5. The standard InChI is InChI=1S/C24H30N4O4/c1-31-14-11-25-23(29)7-4-12-28-13-10-19-16-20(8-9-22(19)28)24(30)27-26-17-18-5-3-6-21(15-18)32-2/h3,5-6,8-10,13,15-16,26H,4,7,11-12,14,17H2,1-2H3,(H,25,29)(H,27,30). The molecule has 32 heavy (non-hydrogen) atoms. The van der Waals surface area contributed by atoms with E-state index in [1.807, 2.05) is 48.7 Å². The van der Waals surface area contributed by atoms with Gasteiger partial charge in [-0.1, -0.05) is 12.1 Å². The largest absolute Gasteiger partial charge is 0.497 e. The van der Waals surface area contributed by atoms with E-state index in [4.69, 9.17) is 9.47 Å². The summed E-state index contributed by atoms with van der Waals surface area (Å²) in [7, 11) is 3.23. The average molecular weight is 439 g/mol. The van der Waals surface area contributed by atoms with Gasteiger partial charge in [0.25, 0.3) is 5.91 Å². The van der Waals surface area contributed by atoms with Gasteiger partial charge in [0.15, 0.2) is 0 Å². The Kier molecular flexibility index (Phi) is 8.65. The van der Waals surface area contributed by atoms with E-state index in [0.29, 0.717) is 31.7 Å². The highest BCUT2D eigenvalue weighted by atomic mass is 16.5. The number of carbonyl (C=O) groups is 2. The number of aryl methyl sites for hydroxylation is 1. The summed E-state index contributed by atoms with van der Waals surface area (Å²) < 4.78 is 12.2. The van der Waals surface area contributed by atoms with Crippen LogP contribution in [0.15, 0.2) is 54.7 Å². The van der Waals surface area contributed by atoms with Crippen molar-refractivity contribution in [2.75, 3.05) is 27.4 Å². The van der Waals surface area contributed by atoms with Crippen molar-refractivity contribution in [3.8, 4) is 5.75 Å². The van der Waals surface area contributed by atoms with Gasteiger partial charge in [-0.2, -0.15) is 0 Å². The topological polar surface area (TPSA) is 93.6 Å². The number of benzene rings is 2. The van der Waals surface area contributed by atoms with Crippen LogP contribution >= 0.6 is 0 Å². The molecular formula is C24H30N4O4. The number of hydrogen-bond donors (Lipinski definition) is 3. The first-order valence-corrected chi connectivity index (χ1v) is 10.6. The molecule has 2 aromatic carbocycles. The van der Waals surface area contributed by atoms with Crippen LogP contribution in [0.1, 0.15) is 28.8 Å². The molecule has 0 aliphatic carbocycles. The van der Waals surface area contributed by atoms with Crippen molar-refractivity contribution in [2.45, 2.75) is 25.9 Å². The van der Waals surface area contributed by atoms with Crippen molar-refractivity contribution in [2.24, 2.45) is 0 Å². The lowest BCUT2D eigenvalue weighted by atomic mass is 10.1. The maximum Gasteiger partial charge on any atom is 0.265 e. The van der Waals surface area contributed by atoms with E-state index in [1.165, 1.54) is 0 Å². The van der Waals surface area contributed by atoms with E-state index in [2.05, 4.69) is 20.7 Å². The first-order chi connectivity index (χ1) is 15.6. The van der Waals surface area contributed by atoms with E-state index in [-0.39, 0.29) is 11.8 Å². The minimum absolute atomic E-state index is 0.0268. The molecule has 0 spiro atoms. The Labute approximate surface area is 187 Å². The second-order valence-electron chi connectivity index (χ2n) is 7.39. The number of aromatic nitrogens is 1. The quantitative estimate of drug-likeness (QED) is 0.299. The van der Waals surface area contributed by atoms with E-state index < -0.39 is 0 Å². The highest BCUT2D eigenvalue weighted by molar-refractivity contribution is 5.97. The van der Waals surface area contributed by atoms with Crippen molar-refractivity contribution in [1.82, 2.24) is 20.7 Å². The summed E-state index contributed by atoms with van der Waals surface area (Å²) in [5.74, 6) is 0.603. The summed E-state index contributed by atoms with van der Waals surface area (Å²) in [4.78, 5) is 24.3. The first kappa shape index (κ1) is 23.3. The van der Waals surface area contributed by atoms with Crippen LogP contribution in [0.3, 0.4) is 0 Å². The van der Waals surface area contributed by atoms with Gasteiger partial charge in [0, 0.05) is 55.8 Å². The van der Waals surface area contributed by atoms with E-state index >= 15 is 0 Å². The van der Waals surface area contributed by atoms with Crippen LogP contribution in [0.5, 0.6) is 5.75 Å². The lowest BCUT2D eigenvalue weighted by Gasteiger charge is -2.09. The fourth-order valence-electron chi connectivity index (χ4n) is 3.41. The molecule has 8 heteroatoms. The third kappa shape index (κ3) is 6.57. The Morgan fingerprint density at radius 2 is 1.94 bits per heavy atom. The monoisotopic (exact) mass is 438 g/mol. The molecule has 0 aliphatic heterocycles. The molecule has 8 nitrogen and oxygen atoms in total. The van der Waals surface area contributed by atoms with Gasteiger partial charge >= 0.3 is 0 Å². The van der Waals surface area contributed by atoms with Gasteiger partial charge in [-0.3, -0.25) is 15.0 Å². The lowest BCUT2D eigenvalue weighted by Crippen LogP contribution is -2.36. The molecule has 0 saturated heterocycles. The number of fused-ring (bicyclic) bond motifs is 1. The molecule has 170 valence electrons. The highest BCUT2D eigenvalue weighted by Crippen LogP contribution is 2.18. The fourth-order valence-corrected chi connectivity index (χ4v) is 3.41. The predicted octanol–water partition coefficient (Wildman–Crippen LogP) is 2.63. The van der Waals surface area contributed by atoms with Crippen molar-refractivity contribution in [3.05, 3.63) is 65.9 Å². The Balaban J connectivity index is 1.49. The van der Waals surface area contributed by atoms with Gasteiger partial charge in [0.2, 0.25) is 5.91 Å². The van der Waals surface area contributed by atoms with Crippen molar-refractivity contribution < 1.29 is 19.1 Å². The second kappa shape index (κ2) is 11.9. The maximum absolute atomic E-state index is 12.5. The SMILES string of the molecule is COCCNC(=O)CCCn1ccc2cc(C(=O)NNCc3cccc(OC)c3)ccc21. The third-order valence-corrected chi connectivity index (χ3v) is 5.09. The molecule has 0 atom stereocenters. The summed E-state index contributed by atoms with van der Waals surface area (Å²) >= 11 is 0. The zero-order chi connectivity index (χ0) is 22.8. The minimum Gasteiger partial charge on any atom is -0.497 e. The van der Waals surface area contributed by atoms with Gasteiger partial charge in [-0.25, -0.2) is 5.43 Å². The molecular weight excluding hydrogens is 408 g/mol. The molecule has 1 aromatic heterocycles. The molecule has 0 saturated carbocycles. The van der Waals surface area contributed by atoms with Crippen LogP contribution < -0.4 is 20.9 Å². The molecule has 3 N–H and O–H groups in total. The summed E-state index contributed by atoms with van der Waals surface area (Å²) in [6.07, 6.45) is 3.18. The van der Waals surface area contributed by atoms with Crippen molar-refractivity contribution in [3.63, 3.8) is 0 Å². The molecule has 0 aliphatic rings. The number of rotatable bonds is 12. The number of amides is 2. The average Bonchev–Trinajstić information content (AvgIpc) is 3.21. The van der Waals surface area contributed by atoms with Crippen LogP contribution in [0.25, 0.3) is 10.9 Å². The first-order valence-electron chi connectivity index (χ1n) is 10.6. The van der Waals surface area contributed by atoms with Crippen LogP contribution in [0.2, 0.25) is 0 Å². The predicted molar refractivity (Wildman–Crippen MR) is 123 cm³/mol. The Morgan fingerprint density at radius 3 is 2.75 bits per heavy atom. The van der Waals surface area contributed by atoms with Gasteiger partial charge in [0.05, 0.1) is 13.7 Å². The fraction of sp³-hybridized carbons (Fsp3) is 0.333. The van der Waals surface area contributed by atoms with E-state index in [9.17, 15) is 9.59 Å². The maximum atomic E-state index is 12.5. The van der Waals surface area contributed by atoms with Gasteiger partial charge < -0.3 is 19.4 Å². The Hall–Kier alpha value is -3.36. The third-order valence-electron chi connectivity index (χ3n) is 5.09. The van der Waals surface area contributed by atoms with Crippen LogP contribution in [0, 0.1) is 0 Å². The zero-order valence-corrected chi connectivity index (χ0v) is 18.5. The Bertz CT molecular complexity index is 1050. The van der Waals surface area contributed by atoms with Gasteiger partial charge in [-0.15, -0.1) is 0 Å². The number of nitrogens with zero attached hydrogens (tertiary/aromatic N) is 1. The number of ether oxygens (including phenoxy) is 2. The number of methoxy groups -OCH3 is 2. The smallest absolute Gasteiger partial charge is 0.265 e. The number of carbonyl (C=O) groups excluding carboxylic acids is 2. The Morgan fingerprint density at radius 1 is 1.06 bits per heavy atom. The summed E-state index contributed by atoms with van der Waals surface area (Å²) in [6, 6.07) is 15.2. The molecule has 0 radical (unpaired) electrons. The number of nitrogens with one attached hydrogen (secondary N) is 3. The van der Waals surface area contributed by atoms with Crippen molar-refractivity contribution in [1.29, 1.82) is 0 Å². The van der Waals surface area contributed by atoms with Crippen LogP contribution in [0.4, 0.5) is 0 Å². The van der Waals surface area contributed by atoms with Crippen LogP contribution in [-0.2, 0) is 22.6 Å². The molecule has 0 bridgehead atoms. The summed E-state index contributed by atoms with van der Waals surface area (Å²) in [5, 5.41) is 3.81. The van der Waals surface area contributed by atoms with Gasteiger partial charge in [0.1, 0.15) is 5.75 Å². The highest BCUT2D eigenvalue weighted by Gasteiger charge is 2.09. The lowest BCUT2D eigenvalue weighted by molar-refractivity contribution is -0.121. The second-order valence-corrected chi connectivity index (χ2v) is 7.39. The number of hydrazine groups is 1. The minimum atomic E-state index is -0.199. The van der Waals surface area contributed by atoms with E-state index in [0.717, 1.165) is 35.2 Å². The molecule has 3 rings (SSSR count).